The standard InChI is InChI=1S/C14H24N2O3S/c1-4-5-10-16(3)20(18,19)15-11-14(17)13-9-7-6-8-12(13)2/h6-9,14-15,17H,4-5,10-11H2,1-3H3. The van der Waals surface area contributed by atoms with Crippen LogP contribution in [0.4, 0.5) is 0 Å². The molecule has 0 saturated heterocycles. The molecule has 5 nitrogen and oxygen atoms in total. The third-order valence-corrected chi connectivity index (χ3v) is 4.78. The van der Waals surface area contributed by atoms with Crippen LogP contribution in [-0.2, 0) is 10.2 Å². The van der Waals surface area contributed by atoms with Gasteiger partial charge in [0.2, 0.25) is 0 Å². The van der Waals surface area contributed by atoms with Gasteiger partial charge in [0.25, 0.3) is 10.2 Å². The maximum atomic E-state index is 12.0. The van der Waals surface area contributed by atoms with E-state index < -0.39 is 16.3 Å². The fourth-order valence-corrected chi connectivity index (χ4v) is 2.82. The first kappa shape index (κ1) is 17.1. The molecule has 6 heteroatoms. The first-order valence-electron chi connectivity index (χ1n) is 6.83. The van der Waals surface area contributed by atoms with Gasteiger partial charge in [-0.2, -0.15) is 17.4 Å². The van der Waals surface area contributed by atoms with Crippen LogP contribution in [0.5, 0.6) is 0 Å². The number of nitrogens with one attached hydrogen (secondary N) is 1. The second-order valence-electron chi connectivity index (χ2n) is 4.90. The van der Waals surface area contributed by atoms with E-state index in [2.05, 4.69) is 4.72 Å². The lowest BCUT2D eigenvalue weighted by Gasteiger charge is -2.19. The smallest absolute Gasteiger partial charge is 0.279 e. The van der Waals surface area contributed by atoms with Crippen LogP contribution < -0.4 is 4.72 Å². The SMILES string of the molecule is CCCCN(C)S(=O)(=O)NCC(O)c1ccccc1C. The minimum atomic E-state index is -3.53. The molecule has 0 aliphatic heterocycles. The molecule has 1 atom stereocenters. The first-order valence-corrected chi connectivity index (χ1v) is 8.27. The Morgan fingerprint density at radius 3 is 2.60 bits per heavy atom. The summed E-state index contributed by atoms with van der Waals surface area (Å²) in [5, 5.41) is 10.1. The van der Waals surface area contributed by atoms with Crippen LogP contribution in [0.2, 0.25) is 0 Å². The topological polar surface area (TPSA) is 69.6 Å². The second-order valence-corrected chi connectivity index (χ2v) is 6.76. The van der Waals surface area contributed by atoms with Gasteiger partial charge in [0, 0.05) is 20.1 Å². The van der Waals surface area contributed by atoms with Gasteiger partial charge in [0.15, 0.2) is 0 Å². The Kier molecular flexibility index (Phi) is 6.61. The fraction of sp³-hybridized carbons (Fsp3) is 0.571. The number of aryl methyl sites for hydroxylation is 1. The molecule has 20 heavy (non-hydrogen) atoms. The molecular weight excluding hydrogens is 276 g/mol. The summed E-state index contributed by atoms with van der Waals surface area (Å²) in [5.74, 6) is 0. The summed E-state index contributed by atoms with van der Waals surface area (Å²) >= 11 is 0. The highest BCUT2D eigenvalue weighted by Gasteiger charge is 2.19. The van der Waals surface area contributed by atoms with Gasteiger partial charge in [0.1, 0.15) is 0 Å². The van der Waals surface area contributed by atoms with Gasteiger partial charge in [0.05, 0.1) is 6.10 Å². The molecule has 2 N–H and O–H groups in total. The quantitative estimate of drug-likeness (QED) is 0.766. The molecule has 0 aliphatic rings. The Morgan fingerprint density at radius 2 is 2.00 bits per heavy atom. The van der Waals surface area contributed by atoms with Crippen LogP contribution in [0.15, 0.2) is 24.3 Å². The van der Waals surface area contributed by atoms with Crippen molar-refractivity contribution in [1.82, 2.24) is 9.03 Å². The molecule has 0 heterocycles. The highest BCUT2D eigenvalue weighted by molar-refractivity contribution is 7.87. The minimum Gasteiger partial charge on any atom is -0.387 e. The summed E-state index contributed by atoms with van der Waals surface area (Å²) in [5.41, 5.74) is 1.69. The summed E-state index contributed by atoms with van der Waals surface area (Å²) in [4.78, 5) is 0. The molecule has 1 rings (SSSR count). The monoisotopic (exact) mass is 300 g/mol. The van der Waals surface area contributed by atoms with E-state index in [1.54, 1.807) is 6.07 Å². The summed E-state index contributed by atoms with van der Waals surface area (Å²) in [6, 6.07) is 7.40. The third-order valence-electron chi connectivity index (χ3n) is 3.24. The normalized spacial score (nSPS) is 13.7. The number of benzene rings is 1. The molecule has 0 aliphatic carbocycles. The average molecular weight is 300 g/mol. The van der Waals surface area contributed by atoms with Crippen molar-refractivity contribution in [2.24, 2.45) is 0 Å². The van der Waals surface area contributed by atoms with Gasteiger partial charge < -0.3 is 5.11 Å². The van der Waals surface area contributed by atoms with E-state index in [1.165, 1.54) is 11.4 Å². The molecule has 1 aromatic carbocycles. The van der Waals surface area contributed by atoms with Gasteiger partial charge in [-0.05, 0) is 24.5 Å². The van der Waals surface area contributed by atoms with Gasteiger partial charge in [-0.1, -0.05) is 37.6 Å². The molecule has 0 radical (unpaired) electrons. The number of aliphatic hydroxyl groups is 1. The maximum Gasteiger partial charge on any atom is 0.279 e. The van der Waals surface area contributed by atoms with E-state index in [4.69, 9.17) is 0 Å². The molecule has 0 fully saturated rings. The Morgan fingerprint density at radius 1 is 1.35 bits per heavy atom. The van der Waals surface area contributed by atoms with Crippen molar-refractivity contribution >= 4 is 10.2 Å². The molecule has 0 bridgehead atoms. The molecule has 114 valence electrons. The van der Waals surface area contributed by atoms with Crippen LogP contribution in [0.1, 0.15) is 37.0 Å². The van der Waals surface area contributed by atoms with Crippen molar-refractivity contribution in [3.8, 4) is 0 Å². The number of rotatable bonds is 8. The largest absolute Gasteiger partial charge is 0.387 e. The van der Waals surface area contributed by atoms with Gasteiger partial charge in [-0.3, -0.25) is 0 Å². The Hall–Kier alpha value is -0.950. The number of hydrogen-bond donors (Lipinski definition) is 2. The second kappa shape index (κ2) is 7.73. The molecular formula is C14H24N2O3S. The van der Waals surface area contributed by atoms with E-state index in [0.29, 0.717) is 6.54 Å². The van der Waals surface area contributed by atoms with Crippen molar-refractivity contribution in [2.45, 2.75) is 32.8 Å². The Labute approximate surface area is 121 Å². The highest BCUT2D eigenvalue weighted by Crippen LogP contribution is 2.16. The zero-order valence-corrected chi connectivity index (χ0v) is 13.2. The first-order chi connectivity index (χ1) is 9.38. The number of hydrogen-bond acceptors (Lipinski definition) is 3. The van der Waals surface area contributed by atoms with Crippen molar-refractivity contribution in [2.75, 3.05) is 20.1 Å². The predicted octanol–water partition coefficient (Wildman–Crippen LogP) is 1.59. The molecule has 1 unspecified atom stereocenters. The lowest BCUT2D eigenvalue weighted by Crippen LogP contribution is -2.40. The average Bonchev–Trinajstić information content (AvgIpc) is 2.42. The van der Waals surface area contributed by atoms with E-state index in [9.17, 15) is 13.5 Å². The van der Waals surface area contributed by atoms with Crippen LogP contribution in [0, 0.1) is 6.92 Å². The molecule has 1 aromatic rings. The Balaban J connectivity index is 2.60. The maximum absolute atomic E-state index is 12.0. The van der Waals surface area contributed by atoms with E-state index in [-0.39, 0.29) is 6.54 Å². The van der Waals surface area contributed by atoms with Crippen molar-refractivity contribution in [3.63, 3.8) is 0 Å². The minimum absolute atomic E-state index is 0.0242. The van der Waals surface area contributed by atoms with Gasteiger partial charge in [-0.25, -0.2) is 0 Å². The summed E-state index contributed by atoms with van der Waals surface area (Å²) in [7, 11) is -1.99. The van der Waals surface area contributed by atoms with Crippen molar-refractivity contribution in [3.05, 3.63) is 35.4 Å². The summed E-state index contributed by atoms with van der Waals surface area (Å²) in [6.45, 7) is 4.35. The third kappa shape index (κ3) is 4.86. The molecule has 0 saturated carbocycles. The molecule has 0 amide bonds. The van der Waals surface area contributed by atoms with Crippen LogP contribution in [0.3, 0.4) is 0 Å². The fourth-order valence-electron chi connectivity index (χ4n) is 1.87. The molecule has 0 spiro atoms. The number of unbranched alkanes of at least 4 members (excludes halogenated alkanes) is 1. The van der Waals surface area contributed by atoms with Crippen LogP contribution in [0.25, 0.3) is 0 Å². The number of aliphatic hydroxyl groups excluding tert-OH is 1. The lowest BCUT2D eigenvalue weighted by molar-refractivity contribution is 0.180. The highest BCUT2D eigenvalue weighted by atomic mass is 32.2. The van der Waals surface area contributed by atoms with Gasteiger partial charge >= 0.3 is 0 Å². The molecule has 0 aromatic heterocycles. The predicted molar refractivity (Wildman–Crippen MR) is 80.6 cm³/mol. The van der Waals surface area contributed by atoms with Crippen molar-refractivity contribution in [1.29, 1.82) is 0 Å². The van der Waals surface area contributed by atoms with Crippen LogP contribution >= 0.6 is 0 Å². The lowest BCUT2D eigenvalue weighted by atomic mass is 10.0. The van der Waals surface area contributed by atoms with E-state index in [1.807, 2.05) is 32.0 Å². The van der Waals surface area contributed by atoms with Gasteiger partial charge in [-0.15, -0.1) is 0 Å². The van der Waals surface area contributed by atoms with E-state index in [0.717, 1.165) is 24.0 Å². The summed E-state index contributed by atoms with van der Waals surface area (Å²) in [6.07, 6.45) is 0.911. The number of nitrogens with zero attached hydrogens (tertiary/aromatic N) is 1. The van der Waals surface area contributed by atoms with Crippen LogP contribution in [-0.4, -0.2) is 38.0 Å². The zero-order chi connectivity index (χ0) is 15.2. The zero-order valence-electron chi connectivity index (χ0n) is 12.3. The Bertz CT molecular complexity index is 517. The summed E-state index contributed by atoms with van der Waals surface area (Å²) < 4.78 is 27.6. The van der Waals surface area contributed by atoms with Crippen molar-refractivity contribution < 1.29 is 13.5 Å². The van der Waals surface area contributed by atoms with E-state index >= 15 is 0 Å².